The number of fused-ring (bicyclic) bond motifs is 5. The van der Waals surface area contributed by atoms with Gasteiger partial charge in [0.2, 0.25) is 17.7 Å². The first-order chi connectivity index (χ1) is 26.7. The van der Waals surface area contributed by atoms with Gasteiger partial charge in [-0.3, -0.25) is 14.4 Å². The zero-order chi connectivity index (χ0) is 42.0. The van der Waals surface area contributed by atoms with E-state index in [1.807, 2.05) is 74.8 Å². The van der Waals surface area contributed by atoms with Gasteiger partial charge >= 0.3 is 0 Å². The number of amides is 3. The van der Waals surface area contributed by atoms with Crippen LogP contribution in [0.4, 0.5) is 5.69 Å². The summed E-state index contributed by atoms with van der Waals surface area (Å²) in [4.78, 5) is 40.2. The standard InChI is InChI=1S/C45H68N6O6/c1-32(2)31-57-45(10,11)25-29-56-44(8,9)23-27-47-38(53)20-21-39(54)50-30-34-16-12-13-17-35(34)41-40(36-18-14-15-19-37(36)50)48-49-51(41)42(4,5)24-28-55-43(6,7)22-26-46-33(3)52/h12-19,32H,20-31H2,1-11H3,(H,46,52)(H,47,53). The number of hydrogen-bond acceptors (Lipinski definition) is 8. The molecule has 0 radical (unpaired) electrons. The first kappa shape index (κ1) is 45.6. The summed E-state index contributed by atoms with van der Waals surface area (Å²) in [6.45, 7) is 25.4. The molecule has 2 aromatic carbocycles. The molecule has 12 heteroatoms. The Bertz CT molecular complexity index is 1810. The van der Waals surface area contributed by atoms with Crippen molar-refractivity contribution in [3.63, 3.8) is 0 Å². The van der Waals surface area contributed by atoms with Gasteiger partial charge in [-0.1, -0.05) is 61.5 Å². The van der Waals surface area contributed by atoms with Crippen LogP contribution in [-0.4, -0.2) is 82.4 Å². The van der Waals surface area contributed by atoms with Crippen LogP contribution >= 0.6 is 0 Å². The SMILES string of the molecule is CC(=O)NCCC(C)(C)OCCC(C)(C)n1nnc2c1-c1ccccc1CN(C(=O)CCC(=O)NCCC(C)(C)OCCC(C)(C)OCC(C)C)c1ccccc1-2. The minimum absolute atomic E-state index is 0.0526. The summed E-state index contributed by atoms with van der Waals surface area (Å²) in [6.07, 6.45) is 2.90. The second kappa shape index (κ2) is 19.5. The van der Waals surface area contributed by atoms with Crippen molar-refractivity contribution in [2.75, 3.05) is 37.8 Å². The molecule has 0 unspecified atom stereocenters. The lowest BCUT2D eigenvalue weighted by atomic mass is 9.93. The number of hydrogen-bond donors (Lipinski definition) is 2. The summed E-state index contributed by atoms with van der Waals surface area (Å²) in [5, 5.41) is 15.4. The molecular weight excluding hydrogens is 721 g/mol. The normalized spacial score (nSPS) is 13.4. The van der Waals surface area contributed by atoms with Crippen molar-refractivity contribution in [3.8, 4) is 22.5 Å². The molecule has 57 heavy (non-hydrogen) atoms. The molecule has 1 aromatic heterocycles. The lowest BCUT2D eigenvalue weighted by molar-refractivity contribution is -0.125. The molecule has 2 heterocycles. The quantitative estimate of drug-likeness (QED) is 0.112. The van der Waals surface area contributed by atoms with Crippen LogP contribution in [-0.2, 0) is 40.7 Å². The molecule has 314 valence electrons. The molecule has 2 N–H and O–H groups in total. The maximum Gasteiger partial charge on any atom is 0.227 e. The maximum atomic E-state index is 14.1. The van der Waals surface area contributed by atoms with Crippen LogP contribution in [0, 0.1) is 5.92 Å². The first-order valence-corrected chi connectivity index (χ1v) is 20.6. The Labute approximate surface area is 340 Å². The van der Waals surface area contributed by atoms with Gasteiger partial charge in [-0.2, -0.15) is 0 Å². The predicted octanol–water partition coefficient (Wildman–Crippen LogP) is 7.83. The highest BCUT2D eigenvalue weighted by atomic mass is 16.5. The van der Waals surface area contributed by atoms with Gasteiger partial charge in [-0.25, -0.2) is 4.68 Å². The van der Waals surface area contributed by atoms with Crippen molar-refractivity contribution in [2.45, 2.75) is 144 Å². The van der Waals surface area contributed by atoms with Crippen molar-refractivity contribution in [3.05, 3.63) is 54.1 Å². The van der Waals surface area contributed by atoms with Crippen LogP contribution in [0.3, 0.4) is 0 Å². The summed E-state index contributed by atoms with van der Waals surface area (Å²) in [5.41, 5.74) is 3.43. The Morgan fingerprint density at radius 2 is 1.32 bits per heavy atom. The largest absolute Gasteiger partial charge is 0.375 e. The first-order valence-electron chi connectivity index (χ1n) is 20.6. The van der Waals surface area contributed by atoms with E-state index in [-0.39, 0.29) is 36.2 Å². The number of nitrogens with zero attached hydrogens (tertiary/aromatic N) is 4. The molecule has 1 aliphatic heterocycles. The average molecular weight is 789 g/mol. The zero-order valence-corrected chi connectivity index (χ0v) is 36.4. The summed E-state index contributed by atoms with van der Waals surface area (Å²) in [6, 6.07) is 15.8. The fraction of sp³-hybridized carbons (Fsp3) is 0.622. The van der Waals surface area contributed by atoms with Gasteiger partial charge in [0.1, 0.15) is 5.69 Å². The van der Waals surface area contributed by atoms with Gasteiger partial charge in [-0.15, -0.1) is 5.10 Å². The van der Waals surface area contributed by atoms with Crippen molar-refractivity contribution < 1.29 is 28.6 Å². The number of para-hydroxylation sites is 1. The molecule has 0 fully saturated rings. The zero-order valence-electron chi connectivity index (χ0n) is 36.4. The number of ether oxygens (including phenoxy) is 3. The van der Waals surface area contributed by atoms with Crippen molar-refractivity contribution in [2.24, 2.45) is 5.92 Å². The molecule has 0 atom stereocenters. The molecule has 0 saturated heterocycles. The van der Waals surface area contributed by atoms with E-state index < -0.39 is 16.7 Å². The highest BCUT2D eigenvalue weighted by Crippen LogP contribution is 2.43. The number of carbonyl (C=O) groups excluding carboxylic acids is 3. The number of benzene rings is 2. The molecule has 3 amide bonds. The van der Waals surface area contributed by atoms with E-state index in [0.717, 1.165) is 34.5 Å². The van der Waals surface area contributed by atoms with Gasteiger partial charge in [-0.05, 0) is 98.6 Å². The third-order valence-electron chi connectivity index (χ3n) is 10.5. The number of rotatable bonds is 21. The molecular formula is C45H68N6O6. The van der Waals surface area contributed by atoms with Crippen molar-refractivity contribution in [1.29, 1.82) is 0 Å². The monoisotopic (exact) mass is 789 g/mol. The molecule has 0 spiro atoms. The Balaban J connectivity index is 1.42. The summed E-state index contributed by atoms with van der Waals surface area (Å²) >= 11 is 0. The van der Waals surface area contributed by atoms with Crippen LogP contribution in [0.2, 0.25) is 0 Å². The van der Waals surface area contributed by atoms with E-state index in [2.05, 4.69) is 58.2 Å². The Kier molecular flexibility index (Phi) is 15.6. The second-order valence-electron chi connectivity index (χ2n) is 18.2. The Morgan fingerprint density at radius 1 is 0.737 bits per heavy atom. The highest BCUT2D eigenvalue weighted by Gasteiger charge is 2.34. The predicted molar refractivity (Wildman–Crippen MR) is 226 cm³/mol. The van der Waals surface area contributed by atoms with Gasteiger partial charge in [0.25, 0.3) is 0 Å². The molecule has 0 aliphatic carbocycles. The second-order valence-corrected chi connectivity index (χ2v) is 18.2. The Hall–Kier alpha value is -4.13. The molecule has 0 bridgehead atoms. The number of aromatic nitrogens is 3. The van der Waals surface area contributed by atoms with Crippen LogP contribution in [0.25, 0.3) is 22.5 Å². The molecule has 4 rings (SSSR count). The van der Waals surface area contributed by atoms with Crippen LogP contribution in [0.15, 0.2) is 48.5 Å². The molecule has 12 nitrogen and oxygen atoms in total. The van der Waals surface area contributed by atoms with E-state index in [1.165, 1.54) is 6.92 Å². The van der Waals surface area contributed by atoms with Gasteiger partial charge in [0, 0.05) is 57.2 Å². The fourth-order valence-corrected chi connectivity index (χ4v) is 6.76. The van der Waals surface area contributed by atoms with E-state index in [4.69, 9.17) is 24.5 Å². The van der Waals surface area contributed by atoms with Crippen LogP contribution < -0.4 is 15.5 Å². The van der Waals surface area contributed by atoms with E-state index in [0.29, 0.717) is 70.3 Å². The third-order valence-corrected chi connectivity index (χ3v) is 10.5. The van der Waals surface area contributed by atoms with Gasteiger partial charge in [0.15, 0.2) is 0 Å². The summed E-state index contributed by atoms with van der Waals surface area (Å²) in [5.74, 6) is 0.106. The Morgan fingerprint density at radius 3 is 1.96 bits per heavy atom. The fourth-order valence-electron chi connectivity index (χ4n) is 6.76. The van der Waals surface area contributed by atoms with E-state index in [1.54, 1.807) is 4.90 Å². The topological polar surface area (TPSA) is 137 Å². The van der Waals surface area contributed by atoms with Gasteiger partial charge in [0.05, 0.1) is 46.9 Å². The summed E-state index contributed by atoms with van der Waals surface area (Å²) in [7, 11) is 0. The number of anilines is 1. The number of carbonyl (C=O) groups is 3. The lowest BCUT2D eigenvalue weighted by Crippen LogP contribution is -2.36. The highest BCUT2D eigenvalue weighted by molar-refractivity contribution is 6.01. The van der Waals surface area contributed by atoms with Gasteiger partial charge < -0.3 is 29.7 Å². The van der Waals surface area contributed by atoms with E-state index in [9.17, 15) is 14.4 Å². The lowest BCUT2D eigenvalue weighted by Gasteiger charge is -2.32. The molecule has 3 aromatic rings. The van der Waals surface area contributed by atoms with Crippen LogP contribution in [0.1, 0.15) is 120 Å². The van der Waals surface area contributed by atoms with Crippen molar-refractivity contribution in [1.82, 2.24) is 25.6 Å². The van der Waals surface area contributed by atoms with Crippen LogP contribution in [0.5, 0.6) is 0 Å². The van der Waals surface area contributed by atoms with Crippen molar-refractivity contribution >= 4 is 23.4 Å². The molecule has 0 saturated carbocycles. The molecule has 1 aliphatic rings. The maximum absolute atomic E-state index is 14.1. The average Bonchev–Trinajstić information content (AvgIpc) is 3.56. The summed E-state index contributed by atoms with van der Waals surface area (Å²) < 4.78 is 20.5. The minimum Gasteiger partial charge on any atom is -0.375 e. The van der Waals surface area contributed by atoms with E-state index >= 15 is 0 Å². The number of nitrogens with one attached hydrogen (secondary N) is 2. The smallest absolute Gasteiger partial charge is 0.227 e. The minimum atomic E-state index is -0.473. The third kappa shape index (κ3) is 13.5.